The zero-order valence-electron chi connectivity index (χ0n) is 9.75. The van der Waals surface area contributed by atoms with E-state index in [1.165, 1.54) is 24.4 Å². The van der Waals surface area contributed by atoms with Crippen LogP contribution in [0.15, 0.2) is 48.8 Å². The SMILES string of the molecule is O=C(O)c1cccn2c(-c3cccc(F)c3)ncc12. The number of halogens is 1. The lowest BCUT2D eigenvalue weighted by Crippen LogP contribution is -1.99. The van der Waals surface area contributed by atoms with Gasteiger partial charge in [0.2, 0.25) is 0 Å². The number of nitrogens with zero attached hydrogens (tertiary/aromatic N) is 2. The fraction of sp³-hybridized carbons (Fsp3) is 0. The number of aromatic nitrogens is 2. The molecule has 0 aliphatic rings. The maximum Gasteiger partial charge on any atom is 0.337 e. The highest BCUT2D eigenvalue weighted by Crippen LogP contribution is 2.22. The number of aromatic carboxylic acids is 1. The largest absolute Gasteiger partial charge is 0.478 e. The van der Waals surface area contributed by atoms with Crippen molar-refractivity contribution in [3.8, 4) is 11.4 Å². The Bertz CT molecular complexity index is 780. The third-order valence-electron chi connectivity index (χ3n) is 2.88. The average Bonchev–Trinajstić information content (AvgIpc) is 2.82. The number of carboxylic acids is 1. The molecule has 0 amide bonds. The van der Waals surface area contributed by atoms with Crippen LogP contribution < -0.4 is 0 Å². The third kappa shape index (κ3) is 1.85. The molecule has 0 saturated heterocycles. The summed E-state index contributed by atoms with van der Waals surface area (Å²) in [7, 11) is 0. The highest BCUT2D eigenvalue weighted by Gasteiger charge is 2.13. The van der Waals surface area contributed by atoms with Crippen molar-refractivity contribution in [3.05, 3.63) is 60.2 Å². The number of carbonyl (C=O) groups is 1. The minimum Gasteiger partial charge on any atom is -0.478 e. The Labute approximate surface area is 107 Å². The van der Waals surface area contributed by atoms with Crippen LogP contribution in [-0.2, 0) is 0 Å². The number of hydrogen-bond acceptors (Lipinski definition) is 2. The Balaban J connectivity index is 2.27. The van der Waals surface area contributed by atoms with Crippen LogP contribution in [0.3, 0.4) is 0 Å². The van der Waals surface area contributed by atoms with E-state index in [0.717, 1.165) is 0 Å². The van der Waals surface area contributed by atoms with E-state index in [0.29, 0.717) is 16.9 Å². The molecular formula is C14H9FN2O2. The quantitative estimate of drug-likeness (QED) is 0.767. The Morgan fingerprint density at radius 1 is 1.26 bits per heavy atom. The lowest BCUT2D eigenvalue weighted by Gasteiger charge is -2.03. The van der Waals surface area contributed by atoms with E-state index in [9.17, 15) is 9.18 Å². The topological polar surface area (TPSA) is 54.6 Å². The van der Waals surface area contributed by atoms with Crippen LogP contribution in [0.1, 0.15) is 10.4 Å². The molecule has 2 heterocycles. The van der Waals surface area contributed by atoms with E-state index in [1.54, 1.807) is 28.8 Å². The van der Waals surface area contributed by atoms with Crippen molar-refractivity contribution >= 4 is 11.5 Å². The standard InChI is InChI=1S/C14H9FN2O2/c15-10-4-1-3-9(7-10)13-16-8-12-11(14(18)19)5-2-6-17(12)13/h1-8H,(H,18,19). The summed E-state index contributed by atoms with van der Waals surface area (Å²) in [5, 5.41) is 9.11. The molecule has 0 bridgehead atoms. The van der Waals surface area contributed by atoms with Crippen molar-refractivity contribution in [3.63, 3.8) is 0 Å². The minimum absolute atomic E-state index is 0.164. The molecule has 0 spiro atoms. The van der Waals surface area contributed by atoms with Crippen LogP contribution in [0.25, 0.3) is 16.9 Å². The van der Waals surface area contributed by atoms with Crippen molar-refractivity contribution in [2.24, 2.45) is 0 Å². The van der Waals surface area contributed by atoms with Crippen LogP contribution >= 0.6 is 0 Å². The minimum atomic E-state index is -1.02. The summed E-state index contributed by atoms with van der Waals surface area (Å²) >= 11 is 0. The molecule has 19 heavy (non-hydrogen) atoms. The van der Waals surface area contributed by atoms with Gasteiger partial charge in [0.15, 0.2) is 0 Å². The van der Waals surface area contributed by atoms with Gasteiger partial charge in [-0.15, -0.1) is 0 Å². The Kier molecular flexibility index (Phi) is 2.52. The molecule has 0 unspecified atom stereocenters. The smallest absolute Gasteiger partial charge is 0.337 e. The number of fused-ring (bicyclic) bond motifs is 1. The van der Waals surface area contributed by atoms with E-state index in [1.807, 2.05) is 0 Å². The Morgan fingerprint density at radius 3 is 2.84 bits per heavy atom. The fourth-order valence-electron chi connectivity index (χ4n) is 2.04. The van der Waals surface area contributed by atoms with E-state index >= 15 is 0 Å². The first kappa shape index (κ1) is 11.4. The summed E-state index contributed by atoms with van der Waals surface area (Å²) in [4.78, 5) is 15.3. The Morgan fingerprint density at radius 2 is 2.11 bits per heavy atom. The number of benzene rings is 1. The van der Waals surface area contributed by atoms with Crippen molar-refractivity contribution in [2.75, 3.05) is 0 Å². The van der Waals surface area contributed by atoms with Crippen molar-refractivity contribution in [2.45, 2.75) is 0 Å². The predicted octanol–water partition coefficient (Wildman–Crippen LogP) is 2.84. The van der Waals surface area contributed by atoms with Gasteiger partial charge in [-0.3, -0.25) is 4.40 Å². The van der Waals surface area contributed by atoms with Crippen LogP contribution in [0.4, 0.5) is 4.39 Å². The number of carboxylic acid groups (broad SMARTS) is 1. The molecule has 0 atom stereocenters. The second-order valence-corrected chi connectivity index (χ2v) is 4.07. The first-order valence-corrected chi connectivity index (χ1v) is 5.62. The number of hydrogen-bond donors (Lipinski definition) is 1. The lowest BCUT2D eigenvalue weighted by molar-refractivity contribution is 0.0698. The summed E-state index contributed by atoms with van der Waals surface area (Å²) < 4.78 is 14.9. The molecule has 0 aliphatic carbocycles. The molecule has 0 saturated carbocycles. The van der Waals surface area contributed by atoms with Crippen LogP contribution in [-0.4, -0.2) is 20.5 Å². The van der Waals surface area contributed by atoms with Crippen LogP contribution in [0.5, 0.6) is 0 Å². The maximum absolute atomic E-state index is 13.2. The summed E-state index contributed by atoms with van der Waals surface area (Å²) in [6, 6.07) is 9.16. The molecule has 1 aromatic carbocycles. The van der Waals surface area contributed by atoms with E-state index in [-0.39, 0.29) is 11.4 Å². The normalized spacial score (nSPS) is 10.8. The predicted molar refractivity (Wildman–Crippen MR) is 67.5 cm³/mol. The van der Waals surface area contributed by atoms with Gasteiger partial charge >= 0.3 is 5.97 Å². The van der Waals surface area contributed by atoms with Crippen molar-refractivity contribution in [1.29, 1.82) is 0 Å². The van der Waals surface area contributed by atoms with Gasteiger partial charge in [0, 0.05) is 11.8 Å². The van der Waals surface area contributed by atoms with E-state index in [2.05, 4.69) is 4.98 Å². The van der Waals surface area contributed by atoms with Gasteiger partial charge in [-0.05, 0) is 24.3 Å². The van der Waals surface area contributed by atoms with Gasteiger partial charge in [-0.1, -0.05) is 12.1 Å². The number of pyridine rings is 1. The molecule has 5 heteroatoms. The zero-order valence-corrected chi connectivity index (χ0v) is 9.75. The number of imidazole rings is 1. The summed E-state index contributed by atoms with van der Waals surface area (Å²) in [6.45, 7) is 0. The number of rotatable bonds is 2. The van der Waals surface area contributed by atoms with Gasteiger partial charge in [0.1, 0.15) is 11.6 Å². The highest BCUT2D eigenvalue weighted by molar-refractivity contribution is 5.95. The maximum atomic E-state index is 13.2. The molecule has 0 radical (unpaired) electrons. The Hall–Kier alpha value is -2.69. The summed E-state index contributed by atoms with van der Waals surface area (Å²) in [6.07, 6.45) is 3.18. The summed E-state index contributed by atoms with van der Waals surface area (Å²) in [5.41, 5.74) is 1.24. The first-order valence-electron chi connectivity index (χ1n) is 5.62. The second kappa shape index (κ2) is 4.20. The fourth-order valence-corrected chi connectivity index (χ4v) is 2.04. The van der Waals surface area contributed by atoms with Gasteiger partial charge in [0.25, 0.3) is 0 Å². The highest BCUT2D eigenvalue weighted by atomic mass is 19.1. The van der Waals surface area contributed by atoms with Gasteiger partial charge < -0.3 is 5.11 Å². The summed E-state index contributed by atoms with van der Waals surface area (Å²) in [5.74, 6) is -0.863. The van der Waals surface area contributed by atoms with Crippen LogP contribution in [0, 0.1) is 5.82 Å². The lowest BCUT2D eigenvalue weighted by atomic mass is 10.2. The molecule has 3 aromatic rings. The van der Waals surface area contributed by atoms with E-state index in [4.69, 9.17) is 5.11 Å². The van der Waals surface area contributed by atoms with Crippen molar-refractivity contribution < 1.29 is 14.3 Å². The first-order chi connectivity index (χ1) is 9.16. The molecule has 3 rings (SSSR count). The van der Waals surface area contributed by atoms with Gasteiger partial charge in [-0.25, -0.2) is 14.2 Å². The van der Waals surface area contributed by atoms with Gasteiger partial charge in [0.05, 0.1) is 17.3 Å². The molecule has 1 N–H and O–H groups in total. The van der Waals surface area contributed by atoms with Crippen molar-refractivity contribution in [1.82, 2.24) is 9.38 Å². The van der Waals surface area contributed by atoms with Gasteiger partial charge in [-0.2, -0.15) is 0 Å². The molecule has 2 aromatic heterocycles. The molecule has 0 aliphatic heterocycles. The molecule has 4 nitrogen and oxygen atoms in total. The van der Waals surface area contributed by atoms with E-state index < -0.39 is 5.97 Å². The van der Waals surface area contributed by atoms with Crippen LogP contribution in [0.2, 0.25) is 0 Å². The molecular weight excluding hydrogens is 247 g/mol. The average molecular weight is 256 g/mol. The third-order valence-corrected chi connectivity index (χ3v) is 2.88. The zero-order chi connectivity index (χ0) is 13.4. The molecule has 94 valence electrons. The molecule has 0 fully saturated rings. The second-order valence-electron chi connectivity index (χ2n) is 4.07. The monoisotopic (exact) mass is 256 g/mol.